The highest BCUT2D eigenvalue weighted by molar-refractivity contribution is 5.89. The maximum absolute atomic E-state index is 11.4. The summed E-state index contributed by atoms with van der Waals surface area (Å²) in [5.74, 6) is -0.555. The number of carbonyl (C=O) groups is 2. The number of aliphatic hydroxyl groups excluding tert-OH is 1. The quantitative estimate of drug-likeness (QED) is 0.442. The molecular formula is C17H28O5. The largest absolute Gasteiger partial charge is 0.462 e. The molecule has 1 unspecified atom stereocenters. The average molecular weight is 312 g/mol. The van der Waals surface area contributed by atoms with Crippen molar-refractivity contribution in [1.82, 2.24) is 0 Å². The third kappa shape index (κ3) is 7.52. The summed E-state index contributed by atoms with van der Waals surface area (Å²) in [5.41, 5.74) is -0.963. The Morgan fingerprint density at radius 3 is 2.23 bits per heavy atom. The van der Waals surface area contributed by atoms with Crippen molar-refractivity contribution in [1.29, 1.82) is 0 Å². The highest BCUT2D eigenvalue weighted by Crippen LogP contribution is 2.26. The highest BCUT2D eigenvalue weighted by Gasteiger charge is 2.31. The number of allylic oxidation sites excluding steroid dienone is 1. The number of hydrogen-bond acceptors (Lipinski definition) is 5. The lowest BCUT2D eigenvalue weighted by Gasteiger charge is -2.31. The van der Waals surface area contributed by atoms with Gasteiger partial charge in [0, 0.05) is 12.5 Å². The molecule has 0 heterocycles. The van der Waals surface area contributed by atoms with Gasteiger partial charge in [-0.3, -0.25) is 4.79 Å². The molecule has 0 aromatic heterocycles. The summed E-state index contributed by atoms with van der Waals surface area (Å²) < 4.78 is 10.7. The van der Waals surface area contributed by atoms with Crippen LogP contribution in [0.4, 0.5) is 0 Å². The normalized spacial score (nSPS) is 14.0. The van der Waals surface area contributed by atoms with Crippen LogP contribution in [0.15, 0.2) is 25.3 Å². The smallest absolute Gasteiger partial charge is 0.330 e. The molecule has 0 aliphatic rings. The van der Waals surface area contributed by atoms with Gasteiger partial charge < -0.3 is 14.6 Å². The van der Waals surface area contributed by atoms with Gasteiger partial charge in [-0.25, -0.2) is 4.79 Å². The molecule has 5 nitrogen and oxygen atoms in total. The van der Waals surface area contributed by atoms with Crippen molar-refractivity contribution in [3.8, 4) is 0 Å². The van der Waals surface area contributed by atoms with Crippen LogP contribution in [0.3, 0.4) is 0 Å². The molecule has 5 heteroatoms. The van der Waals surface area contributed by atoms with Crippen molar-refractivity contribution in [3.05, 3.63) is 25.3 Å². The molecule has 0 saturated heterocycles. The number of ketones is 1. The molecule has 0 amide bonds. The van der Waals surface area contributed by atoms with E-state index in [4.69, 9.17) is 9.47 Å². The zero-order valence-corrected chi connectivity index (χ0v) is 13.9. The second kappa shape index (κ2) is 9.54. The van der Waals surface area contributed by atoms with E-state index in [0.717, 1.165) is 6.08 Å². The van der Waals surface area contributed by atoms with Gasteiger partial charge in [0.1, 0.15) is 6.61 Å². The van der Waals surface area contributed by atoms with Crippen LogP contribution in [0.5, 0.6) is 0 Å². The summed E-state index contributed by atoms with van der Waals surface area (Å²) in [7, 11) is 0. The number of aliphatic hydroxyl groups is 1. The summed E-state index contributed by atoms with van der Waals surface area (Å²) in [6.45, 7) is 13.1. The first-order valence-electron chi connectivity index (χ1n) is 7.37. The van der Waals surface area contributed by atoms with Gasteiger partial charge in [0.15, 0.2) is 5.78 Å². The van der Waals surface area contributed by atoms with Gasteiger partial charge in [-0.05, 0) is 17.9 Å². The molecule has 0 aromatic carbocycles. The van der Waals surface area contributed by atoms with Gasteiger partial charge >= 0.3 is 5.97 Å². The van der Waals surface area contributed by atoms with E-state index in [1.165, 1.54) is 6.08 Å². The molecule has 1 atom stereocenters. The number of esters is 1. The number of hydrogen-bond donors (Lipinski definition) is 1. The van der Waals surface area contributed by atoms with E-state index in [1.54, 1.807) is 0 Å². The van der Waals surface area contributed by atoms with Gasteiger partial charge in [0.05, 0.1) is 25.2 Å². The van der Waals surface area contributed by atoms with E-state index in [9.17, 15) is 14.7 Å². The predicted molar refractivity (Wildman–Crippen MR) is 85.4 cm³/mol. The van der Waals surface area contributed by atoms with E-state index < -0.39 is 11.4 Å². The van der Waals surface area contributed by atoms with Crippen LogP contribution in [0.25, 0.3) is 0 Å². The topological polar surface area (TPSA) is 72.8 Å². The summed E-state index contributed by atoms with van der Waals surface area (Å²) in [6.07, 6.45) is 3.34. The average Bonchev–Trinajstić information content (AvgIpc) is 2.49. The minimum atomic E-state index is -0.642. The van der Waals surface area contributed by atoms with E-state index >= 15 is 0 Å². The van der Waals surface area contributed by atoms with E-state index in [0.29, 0.717) is 19.4 Å². The first kappa shape index (κ1) is 20.5. The van der Waals surface area contributed by atoms with Crippen molar-refractivity contribution in [3.63, 3.8) is 0 Å². The number of carbonyl (C=O) groups excluding carboxylic acids is 2. The van der Waals surface area contributed by atoms with Crippen LogP contribution >= 0.6 is 0 Å². The Morgan fingerprint density at radius 1 is 1.14 bits per heavy atom. The Labute approximate surface area is 133 Å². The van der Waals surface area contributed by atoms with Crippen molar-refractivity contribution in [2.75, 3.05) is 26.4 Å². The zero-order valence-electron chi connectivity index (χ0n) is 13.9. The SMILES string of the molecule is C=CC(=O)CC(C)(C)COCC(CC)(CO)COC(=O)C=C. The van der Waals surface area contributed by atoms with Gasteiger partial charge in [0.25, 0.3) is 0 Å². The molecule has 0 fully saturated rings. The van der Waals surface area contributed by atoms with Crippen LogP contribution < -0.4 is 0 Å². The Balaban J connectivity index is 4.51. The zero-order chi connectivity index (χ0) is 17.2. The van der Waals surface area contributed by atoms with Crippen molar-refractivity contribution < 1.29 is 24.2 Å². The van der Waals surface area contributed by atoms with Gasteiger partial charge in [0.2, 0.25) is 0 Å². The second-order valence-electron chi connectivity index (χ2n) is 6.33. The first-order chi connectivity index (χ1) is 10.2. The third-order valence-electron chi connectivity index (χ3n) is 3.55. The lowest BCUT2D eigenvalue weighted by atomic mass is 9.86. The molecule has 0 saturated carbocycles. The second-order valence-corrected chi connectivity index (χ2v) is 6.33. The van der Waals surface area contributed by atoms with Crippen LogP contribution in [0, 0.1) is 10.8 Å². The molecule has 0 spiro atoms. The minimum absolute atomic E-state index is 0.0302. The van der Waals surface area contributed by atoms with Gasteiger partial charge in [-0.2, -0.15) is 0 Å². The maximum atomic E-state index is 11.4. The lowest BCUT2D eigenvalue weighted by Crippen LogP contribution is -2.37. The minimum Gasteiger partial charge on any atom is -0.462 e. The van der Waals surface area contributed by atoms with Gasteiger partial charge in [-0.1, -0.05) is 33.9 Å². The number of rotatable bonds is 12. The Morgan fingerprint density at radius 2 is 1.77 bits per heavy atom. The Bertz CT molecular complexity index is 394. The Kier molecular flexibility index (Phi) is 8.90. The molecule has 0 bridgehead atoms. The van der Waals surface area contributed by atoms with Crippen LogP contribution in [-0.2, 0) is 19.1 Å². The van der Waals surface area contributed by atoms with Crippen LogP contribution in [0.2, 0.25) is 0 Å². The van der Waals surface area contributed by atoms with E-state index in [-0.39, 0.29) is 31.0 Å². The van der Waals surface area contributed by atoms with Crippen molar-refractivity contribution in [2.24, 2.45) is 10.8 Å². The molecular weight excluding hydrogens is 284 g/mol. The van der Waals surface area contributed by atoms with Crippen molar-refractivity contribution in [2.45, 2.75) is 33.6 Å². The lowest BCUT2D eigenvalue weighted by molar-refractivity contribution is -0.145. The van der Waals surface area contributed by atoms with Gasteiger partial charge in [-0.15, -0.1) is 0 Å². The molecule has 0 rings (SSSR count). The molecule has 22 heavy (non-hydrogen) atoms. The maximum Gasteiger partial charge on any atom is 0.330 e. The summed E-state index contributed by atoms with van der Waals surface area (Å²) in [5, 5.41) is 9.61. The highest BCUT2D eigenvalue weighted by atomic mass is 16.5. The molecule has 0 aromatic rings. The predicted octanol–water partition coefficient (Wildman–Crippen LogP) is 2.29. The third-order valence-corrected chi connectivity index (χ3v) is 3.55. The molecule has 0 radical (unpaired) electrons. The molecule has 1 N–H and O–H groups in total. The van der Waals surface area contributed by atoms with Crippen molar-refractivity contribution >= 4 is 11.8 Å². The van der Waals surface area contributed by atoms with E-state index in [2.05, 4.69) is 13.2 Å². The fraction of sp³-hybridized carbons (Fsp3) is 0.647. The summed E-state index contributed by atoms with van der Waals surface area (Å²) in [6, 6.07) is 0. The molecule has 0 aliphatic carbocycles. The fourth-order valence-electron chi connectivity index (χ4n) is 1.87. The summed E-state index contributed by atoms with van der Waals surface area (Å²) in [4.78, 5) is 22.6. The number of ether oxygens (including phenoxy) is 2. The fourth-order valence-corrected chi connectivity index (χ4v) is 1.87. The van der Waals surface area contributed by atoms with Crippen LogP contribution in [-0.4, -0.2) is 43.3 Å². The van der Waals surface area contributed by atoms with Crippen LogP contribution in [0.1, 0.15) is 33.6 Å². The molecule has 126 valence electrons. The molecule has 0 aliphatic heterocycles. The first-order valence-corrected chi connectivity index (χ1v) is 7.37. The summed E-state index contributed by atoms with van der Waals surface area (Å²) >= 11 is 0. The Hall–Kier alpha value is -1.46. The standard InChI is InChI=1S/C17H28O5/c1-6-14(19)9-16(4,5)11-21-12-17(8-3,10-18)13-22-15(20)7-2/h6-7,18H,1-2,8-13H2,3-5H3. The monoisotopic (exact) mass is 312 g/mol. The van der Waals surface area contributed by atoms with E-state index in [1.807, 2.05) is 20.8 Å².